The third-order valence-electron chi connectivity index (χ3n) is 3.76. The molecule has 0 aliphatic rings. The van der Waals surface area contributed by atoms with Gasteiger partial charge >= 0.3 is 5.97 Å². The highest BCUT2D eigenvalue weighted by Gasteiger charge is 2.21. The zero-order valence-electron chi connectivity index (χ0n) is 14.2. The first-order valence-corrected chi connectivity index (χ1v) is 8.84. The van der Waals surface area contributed by atoms with Gasteiger partial charge in [-0.2, -0.15) is 0 Å². The Labute approximate surface area is 148 Å². The highest BCUT2D eigenvalue weighted by molar-refractivity contribution is 6.31. The van der Waals surface area contributed by atoms with Gasteiger partial charge in [-0.1, -0.05) is 50.6 Å². The third kappa shape index (κ3) is 7.32. The number of esters is 1. The van der Waals surface area contributed by atoms with Gasteiger partial charge in [-0.15, -0.1) is 0 Å². The minimum absolute atomic E-state index is 0.138. The lowest BCUT2D eigenvalue weighted by atomic mass is 10.0. The summed E-state index contributed by atoms with van der Waals surface area (Å²) in [5, 5.41) is 0.451. The van der Waals surface area contributed by atoms with E-state index in [-0.39, 0.29) is 17.9 Å². The lowest BCUT2D eigenvalue weighted by Crippen LogP contribution is -2.34. The molecule has 0 amide bonds. The van der Waals surface area contributed by atoms with Crippen molar-refractivity contribution in [3.05, 3.63) is 28.8 Å². The smallest absolute Gasteiger partial charge is 0.323 e. The molecule has 0 bridgehead atoms. The molecule has 1 aromatic rings. The largest absolute Gasteiger partial charge is 0.465 e. The Kier molecular flexibility index (Phi) is 9.42. The number of hydrogen-bond acceptors (Lipinski definition) is 5. The van der Waals surface area contributed by atoms with Gasteiger partial charge in [0.1, 0.15) is 6.04 Å². The zero-order valence-corrected chi connectivity index (χ0v) is 15.0. The topological polar surface area (TPSA) is 95.4 Å². The van der Waals surface area contributed by atoms with E-state index in [2.05, 4.69) is 6.92 Å². The molecule has 0 aliphatic carbocycles. The minimum atomic E-state index is -0.979. The normalized spacial score (nSPS) is 12.0. The van der Waals surface area contributed by atoms with E-state index in [4.69, 9.17) is 27.8 Å². The van der Waals surface area contributed by atoms with Crippen LogP contribution < -0.4 is 11.5 Å². The van der Waals surface area contributed by atoms with Gasteiger partial charge < -0.3 is 16.2 Å². The molecule has 0 spiro atoms. The SMILES string of the molecule is CCCCCCCCOC(=O)C(N)CC(=O)c1ccc(Cl)cc1N. The van der Waals surface area contributed by atoms with Crippen molar-refractivity contribution in [3.8, 4) is 0 Å². The van der Waals surface area contributed by atoms with Gasteiger partial charge in [0.15, 0.2) is 5.78 Å². The van der Waals surface area contributed by atoms with Crippen molar-refractivity contribution >= 4 is 29.0 Å². The average Bonchev–Trinajstić information content (AvgIpc) is 2.53. The molecule has 0 radical (unpaired) electrons. The summed E-state index contributed by atoms with van der Waals surface area (Å²) in [4.78, 5) is 24.0. The molecule has 0 saturated heterocycles. The summed E-state index contributed by atoms with van der Waals surface area (Å²) in [6.45, 7) is 2.51. The van der Waals surface area contributed by atoms with Crippen molar-refractivity contribution in [2.45, 2.75) is 57.9 Å². The predicted molar refractivity (Wildman–Crippen MR) is 97.1 cm³/mol. The molecule has 0 fully saturated rings. The van der Waals surface area contributed by atoms with Crippen LogP contribution in [0, 0.1) is 0 Å². The maximum absolute atomic E-state index is 12.2. The molecule has 5 nitrogen and oxygen atoms in total. The van der Waals surface area contributed by atoms with E-state index in [1.54, 1.807) is 6.07 Å². The van der Waals surface area contributed by atoms with Gasteiger partial charge in [0.05, 0.1) is 6.61 Å². The number of rotatable bonds is 11. The lowest BCUT2D eigenvalue weighted by molar-refractivity contribution is -0.145. The first-order valence-electron chi connectivity index (χ1n) is 8.46. The monoisotopic (exact) mass is 354 g/mol. The molecule has 1 rings (SSSR count). The van der Waals surface area contributed by atoms with Gasteiger partial charge in [-0.05, 0) is 24.6 Å². The predicted octanol–water partition coefficient (Wildman–Crippen LogP) is 3.73. The number of unbranched alkanes of at least 4 members (excludes halogenated alkanes) is 5. The van der Waals surface area contributed by atoms with Crippen molar-refractivity contribution in [1.29, 1.82) is 0 Å². The quantitative estimate of drug-likeness (QED) is 0.273. The Hall–Kier alpha value is -1.59. The molecule has 0 saturated carbocycles. The number of halogens is 1. The molecular weight excluding hydrogens is 328 g/mol. The van der Waals surface area contributed by atoms with E-state index >= 15 is 0 Å². The molecule has 0 aliphatic heterocycles. The van der Waals surface area contributed by atoms with E-state index in [9.17, 15) is 9.59 Å². The third-order valence-corrected chi connectivity index (χ3v) is 4.00. The molecule has 0 aromatic heterocycles. The first kappa shape index (κ1) is 20.5. The van der Waals surface area contributed by atoms with Gasteiger partial charge in [0.2, 0.25) is 0 Å². The van der Waals surface area contributed by atoms with Crippen LogP contribution in [0.15, 0.2) is 18.2 Å². The molecule has 6 heteroatoms. The zero-order chi connectivity index (χ0) is 17.9. The van der Waals surface area contributed by atoms with Crippen LogP contribution >= 0.6 is 11.6 Å². The Morgan fingerprint density at radius 2 is 1.83 bits per heavy atom. The van der Waals surface area contributed by atoms with E-state index in [0.717, 1.165) is 19.3 Å². The first-order chi connectivity index (χ1) is 11.5. The fourth-order valence-corrected chi connectivity index (χ4v) is 2.52. The van der Waals surface area contributed by atoms with Crippen LogP contribution in [0.5, 0.6) is 0 Å². The summed E-state index contributed by atoms with van der Waals surface area (Å²) in [6, 6.07) is 3.63. The van der Waals surface area contributed by atoms with E-state index in [1.165, 1.54) is 31.4 Å². The van der Waals surface area contributed by atoms with Crippen molar-refractivity contribution in [2.24, 2.45) is 5.73 Å². The van der Waals surface area contributed by atoms with Crippen molar-refractivity contribution in [1.82, 2.24) is 0 Å². The van der Waals surface area contributed by atoms with E-state index in [1.807, 2.05) is 0 Å². The van der Waals surface area contributed by atoms with E-state index in [0.29, 0.717) is 17.2 Å². The Bertz CT molecular complexity index is 549. The van der Waals surface area contributed by atoms with Crippen molar-refractivity contribution < 1.29 is 14.3 Å². The van der Waals surface area contributed by atoms with Crippen LogP contribution in [0.25, 0.3) is 0 Å². The number of hydrogen-bond donors (Lipinski definition) is 2. The molecule has 0 heterocycles. The number of carbonyl (C=O) groups is 2. The summed E-state index contributed by atoms with van der Waals surface area (Å²) in [5.41, 5.74) is 12.1. The molecule has 1 unspecified atom stereocenters. The molecule has 1 aromatic carbocycles. The van der Waals surface area contributed by atoms with Gasteiger partial charge in [-0.25, -0.2) is 0 Å². The summed E-state index contributed by atoms with van der Waals surface area (Å²) >= 11 is 5.80. The minimum Gasteiger partial charge on any atom is -0.465 e. The second kappa shape index (κ2) is 11.0. The van der Waals surface area contributed by atoms with Crippen LogP contribution in [0.1, 0.15) is 62.2 Å². The number of carbonyl (C=O) groups excluding carboxylic acids is 2. The fraction of sp³-hybridized carbons (Fsp3) is 0.556. The molecule has 4 N–H and O–H groups in total. The maximum Gasteiger partial charge on any atom is 0.323 e. The van der Waals surface area contributed by atoms with Gasteiger partial charge in [-0.3, -0.25) is 9.59 Å². The molecular formula is C18H27ClN2O3. The van der Waals surface area contributed by atoms with Crippen LogP contribution in [-0.4, -0.2) is 24.4 Å². The molecule has 1 atom stereocenters. The average molecular weight is 355 g/mol. The van der Waals surface area contributed by atoms with Crippen LogP contribution in [0.4, 0.5) is 5.69 Å². The maximum atomic E-state index is 12.2. The lowest BCUT2D eigenvalue weighted by Gasteiger charge is -2.12. The molecule has 24 heavy (non-hydrogen) atoms. The summed E-state index contributed by atoms with van der Waals surface area (Å²) in [6.07, 6.45) is 6.51. The molecule has 134 valence electrons. The van der Waals surface area contributed by atoms with Crippen molar-refractivity contribution in [3.63, 3.8) is 0 Å². The number of Topliss-reactive ketones (excluding diaryl/α,β-unsaturated/α-hetero) is 1. The van der Waals surface area contributed by atoms with E-state index < -0.39 is 12.0 Å². The number of ketones is 1. The fourth-order valence-electron chi connectivity index (χ4n) is 2.34. The number of nitrogen functional groups attached to an aromatic ring is 1. The second-order valence-electron chi connectivity index (χ2n) is 5.90. The van der Waals surface area contributed by atoms with Crippen molar-refractivity contribution in [2.75, 3.05) is 12.3 Å². The summed E-state index contributed by atoms with van der Waals surface area (Å²) in [7, 11) is 0. The van der Waals surface area contributed by atoms with Crippen LogP contribution in [0.2, 0.25) is 5.02 Å². The Morgan fingerprint density at radius 3 is 2.50 bits per heavy atom. The highest BCUT2D eigenvalue weighted by atomic mass is 35.5. The summed E-state index contributed by atoms with van der Waals surface area (Å²) in [5.74, 6) is -0.849. The Morgan fingerprint density at radius 1 is 1.17 bits per heavy atom. The van der Waals surface area contributed by atoms with Crippen LogP contribution in [-0.2, 0) is 9.53 Å². The second-order valence-corrected chi connectivity index (χ2v) is 6.34. The van der Waals surface area contributed by atoms with Gasteiger partial charge in [0, 0.05) is 22.7 Å². The standard InChI is InChI=1S/C18H27ClN2O3/c1-2-3-4-5-6-7-10-24-18(23)16(21)12-17(22)14-9-8-13(19)11-15(14)20/h8-9,11,16H,2-7,10,12,20-21H2,1H3. The summed E-state index contributed by atoms with van der Waals surface area (Å²) < 4.78 is 5.13. The number of ether oxygens (including phenoxy) is 1. The van der Waals surface area contributed by atoms with Gasteiger partial charge in [0.25, 0.3) is 0 Å². The number of anilines is 1. The number of benzene rings is 1. The van der Waals surface area contributed by atoms with Crippen LogP contribution in [0.3, 0.4) is 0 Å². The number of nitrogens with two attached hydrogens (primary N) is 2. The Balaban J connectivity index is 2.32. The highest BCUT2D eigenvalue weighted by Crippen LogP contribution is 2.19.